The van der Waals surface area contributed by atoms with Gasteiger partial charge in [-0.15, -0.1) is 0 Å². The number of rotatable bonds is 6. The first-order valence-corrected chi connectivity index (χ1v) is 16.8. The van der Waals surface area contributed by atoms with E-state index >= 15 is 0 Å². The summed E-state index contributed by atoms with van der Waals surface area (Å²) in [6.07, 6.45) is -2.59. The highest BCUT2D eigenvalue weighted by atomic mass is 32.2. The summed E-state index contributed by atoms with van der Waals surface area (Å²) in [5.74, 6) is -1.48. The highest BCUT2D eigenvalue weighted by molar-refractivity contribution is 7.94. The van der Waals surface area contributed by atoms with E-state index in [0.717, 1.165) is 18.2 Å². The second kappa shape index (κ2) is 16.8. The quantitative estimate of drug-likeness (QED) is 0.238. The van der Waals surface area contributed by atoms with Crippen LogP contribution in [0.4, 0.5) is 19.3 Å². The van der Waals surface area contributed by atoms with Crippen molar-refractivity contribution in [3.63, 3.8) is 0 Å². The second-order valence-corrected chi connectivity index (χ2v) is 14.9. The molecule has 0 fully saturated rings. The summed E-state index contributed by atoms with van der Waals surface area (Å²) in [4.78, 5) is 17.0. The smallest absolute Gasteiger partial charge is 0.413 e. The molecular formula is C35H47F2N3O6S. The summed E-state index contributed by atoms with van der Waals surface area (Å²) in [6, 6.07) is 17.4. The zero-order valence-electron chi connectivity index (χ0n) is 28.3. The van der Waals surface area contributed by atoms with Crippen LogP contribution < -0.4 is 11.1 Å². The van der Waals surface area contributed by atoms with E-state index in [9.17, 15) is 27.1 Å². The molecule has 0 saturated carbocycles. The molecule has 1 aliphatic heterocycles. The number of nitrogens with one attached hydrogen (secondary N) is 1. The first-order valence-electron chi connectivity index (χ1n) is 15.3. The van der Waals surface area contributed by atoms with Gasteiger partial charge >= 0.3 is 6.09 Å². The van der Waals surface area contributed by atoms with Crippen LogP contribution in [0, 0.1) is 11.6 Å². The fraction of sp³-hybridized carbons (Fsp3) is 0.429. The van der Waals surface area contributed by atoms with E-state index in [-0.39, 0.29) is 29.1 Å². The Morgan fingerprint density at radius 1 is 1.04 bits per heavy atom. The second-order valence-electron chi connectivity index (χ2n) is 12.1. The average molecular weight is 676 g/mol. The maximum Gasteiger partial charge on any atom is 0.413 e. The van der Waals surface area contributed by atoms with Gasteiger partial charge in [-0.1, -0.05) is 56.3 Å². The van der Waals surface area contributed by atoms with Crippen LogP contribution in [0.15, 0.2) is 77.8 Å². The highest BCUT2D eigenvalue weighted by Crippen LogP contribution is 2.43. The third kappa shape index (κ3) is 10.6. The van der Waals surface area contributed by atoms with E-state index in [0.29, 0.717) is 6.61 Å². The van der Waals surface area contributed by atoms with E-state index in [1.54, 1.807) is 27.9 Å². The summed E-state index contributed by atoms with van der Waals surface area (Å²) >= 11 is 0. The number of sulfone groups is 1. The van der Waals surface area contributed by atoms with Crippen LogP contribution in [-0.4, -0.2) is 48.2 Å². The number of halogens is 2. The standard InChI is InChI=1S/C25H31F2N3O5S.C8H10O.C2H6/c1-24(2,3)35-23(32)30-22-25(4,5)36(33,34)20(13-19(31)14-6-8-15(26)9-7-14)21(29-22)17-12-16(28)10-11-18(17)27;1-9-7-8-5-3-2-4-6-8;1-2/h6-12,19-21,31H,13,28H2,1-5H3,(H,29,30,32);2-6H,7H2,1H3;1-2H3. The maximum absolute atomic E-state index is 15.0. The van der Waals surface area contributed by atoms with Crippen molar-refractivity contribution in [1.29, 1.82) is 0 Å². The molecule has 258 valence electrons. The molecule has 0 aromatic heterocycles. The fourth-order valence-corrected chi connectivity index (χ4v) is 6.85. The fourth-order valence-electron chi connectivity index (χ4n) is 4.74. The molecule has 47 heavy (non-hydrogen) atoms. The number of methoxy groups -OCH3 is 1. The lowest BCUT2D eigenvalue weighted by atomic mass is 9.95. The normalized spacial score (nSPS) is 18.7. The molecule has 3 unspecified atom stereocenters. The number of alkyl carbamates (subject to hydrolysis) is 1. The number of aliphatic hydroxyl groups is 1. The number of amidine groups is 1. The Balaban J connectivity index is 0.000000594. The van der Waals surface area contributed by atoms with Crippen LogP contribution in [0.3, 0.4) is 0 Å². The van der Waals surface area contributed by atoms with Crippen LogP contribution in [0.5, 0.6) is 0 Å². The Morgan fingerprint density at radius 3 is 2.19 bits per heavy atom. The van der Waals surface area contributed by atoms with Gasteiger partial charge in [-0.05, 0) is 82.5 Å². The molecule has 0 radical (unpaired) electrons. The third-order valence-corrected chi connectivity index (χ3v) is 9.99. The molecule has 1 amide bonds. The number of aliphatic imine (C=N–C) groups is 1. The lowest BCUT2D eigenvalue weighted by Crippen LogP contribution is -2.58. The zero-order chi connectivity index (χ0) is 35.6. The first-order chi connectivity index (χ1) is 22.0. The van der Waals surface area contributed by atoms with Gasteiger partial charge in [-0.25, -0.2) is 22.0 Å². The number of ether oxygens (including phenoxy) is 2. The minimum absolute atomic E-state index is 0.103. The molecule has 3 aromatic rings. The molecule has 1 heterocycles. The summed E-state index contributed by atoms with van der Waals surface area (Å²) in [5.41, 5.74) is 6.59. The van der Waals surface area contributed by atoms with Crippen molar-refractivity contribution in [3.05, 3.63) is 101 Å². The lowest BCUT2D eigenvalue weighted by Gasteiger charge is -2.40. The van der Waals surface area contributed by atoms with Gasteiger partial charge < -0.3 is 20.3 Å². The van der Waals surface area contributed by atoms with Crippen molar-refractivity contribution in [2.24, 2.45) is 4.99 Å². The SMILES string of the molecule is CC.CC(C)(C)OC(=O)NC1=NC(c2cc(N)ccc2F)C(CC(O)c2ccc(F)cc2)S(=O)(=O)C1(C)C.COCc1ccccc1. The van der Waals surface area contributed by atoms with E-state index in [4.69, 9.17) is 15.2 Å². The molecular weight excluding hydrogens is 628 g/mol. The van der Waals surface area contributed by atoms with E-state index in [2.05, 4.69) is 10.3 Å². The van der Waals surface area contributed by atoms with Gasteiger partial charge in [0, 0.05) is 18.4 Å². The molecule has 3 atom stereocenters. The Kier molecular flexibility index (Phi) is 14.1. The predicted octanol–water partition coefficient (Wildman–Crippen LogP) is 7.07. The van der Waals surface area contributed by atoms with Gasteiger partial charge in [0.15, 0.2) is 9.84 Å². The number of carbonyl (C=O) groups excluding carboxylic acids is 1. The number of amides is 1. The van der Waals surface area contributed by atoms with Crippen molar-refractivity contribution in [1.82, 2.24) is 5.32 Å². The topological polar surface area (TPSA) is 140 Å². The van der Waals surface area contributed by atoms with Crippen molar-refractivity contribution in [3.8, 4) is 0 Å². The molecule has 0 bridgehead atoms. The number of anilines is 1. The molecule has 0 spiro atoms. The van der Waals surface area contributed by atoms with Crippen LogP contribution >= 0.6 is 0 Å². The predicted molar refractivity (Wildman–Crippen MR) is 182 cm³/mol. The lowest BCUT2D eigenvalue weighted by molar-refractivity contribution is 0.0560. The molecule has 1 aliphatic rings. The van der Waals surface area contributed by atoms with Gasteiger partial charge in [0.1, 0.15) is 27.8 Å². The Labute approximate surface area is 277 Å². The molecule has 0 aliphatic carbocycles. The monoisotopic (exact) mass is 675 g/mol. The number of carbonyl (C=O) groups is 1. The summed E-state index contributed by atoms with van der Waals surface area (Å²) in [6.45, 7) is 12.4. The van der Waals surface area contributed by atoms with Crippen molar-refractivity contribution < 1.29 is 36.6 Å². The van der Waals surface area contributed by atoms with Crippen LogP contribution in [0.2, 0.25) is 0 Å². The molecule has 4 N–H and O–H groups in total. The molecule has 9 nitrogen and oxygen atoms in total. The van der Waals surface area contributed by atoms with E-state index in [1.807, 2.05) is 44.2 Å². The number of hydrogen-bond acceptors (Lipinski definition) is 8. The summed E-state index contributed by atoms with van der Waals surface area (Å²) < 4.78 is 64.6. The highest BCUT2D eigenvalue weighted by Gasteiger charge is 2.53. The average Bonchev–Trinajstić information content (AvgIpc) is 3.00. The van der Waals surface area contributed by atoms with Crippen molar-refractivity contribution >= 4 is 27.5 Å². The molecule has 4 rings (SSSR count). The van der Waals surface area contributed by atoms with Gasteiger partial charge in [-0.2, -0.15) is 0 Å². The van der Waals surface area contributed by atoms with Crippen LogP contribution in [0.1, 0.15) is 83.7 Å². The van der Waals surface area contributed by atoms with Gasteiger partial charge in [0.05, 0.1) is 24.0 Å². The van der Waals surface area contributed by atoms with Gasteiger partial charge in [0.25, 0.3) is 0 Å². The number of nitrogen functional groups attached to an aromatic ring is 1. The third-order valence-electron chi connectivity index (χ3n) is 7.12. The first kappa shape index (κ1) is 39.3. The molecule has 3 aromatic carbocycles. The Morgan fingerprint density at radius 2 is 1.64 bits per heavy atom. The molecule has 12 heteroatoms. The van der Waals surface area contributed by atoms with Crippen LogP contribution in [-0.2, 0) is 25.9 Å². The minimum Gasteiger partial charge on any atom is -0.444 e. The zero-order valence-corrected chi connectivity index (χ0v) is 29.1. The van der Waals surface area contributed by atoms with Crippen molar-refractivity contribution in [2.45, 2.75) is 89.2 Å². The number of aliphatic hydroxyl groups excluding tert-OH is 1. The Bertz CT molecular complexity index is 1590. The number of nitrogens with zero attached hydrogens (tertiary/aromatic N) is 1. The molecule has 0 saturated heterocycles. The Hall–Kier alpha value is -3.87. The number of nitrogens with two attached hydrogens (primary N) is 1. The summed E-state index contributed by atoms with van der Waals surface area (Å²) in [7, 11) is -2.52. The van der Waals surface area contributed by atoms with Crippen molar-refractivity contribution in [2.75, 3.05) is 12.8 Å². The minimum atomic E-state index is -4.22. The van der Waals surface area contributed by atoms with Crippen LogP contribution in [0.25, 0.3) is 0 Å². The van der Waals surface area contributed by atoms with Gasteiger partial charge in [0.2, 0.25) is 0 Å². The summed E-state index contributed by atoms with van der Waals surface area (Å²) in [5, 5.41) is 11.9. The van der Waals surface area contributed by atoms with Gasteiger partial charge in [-0.3, -0.25) is 10.3 Å². The van der Waals surface area contributed by atoms with E-state index in [1.165, 1.54) is 43.7 Å². The number of benzene rings is 3. The van der Waals surface area contributed by atoms with E-state index < -0.39 is 55.3 Å². The maximum atomic E-state index is 15.0. The largest absolute Gasteiger partial charge is 0.444 e. The number of hydrogen-bond donors (Lipinski definition) is 3.